The minimum absolute atomic E-state index is 0.206. The molecule has 0 aliphatic carbocycles. The summed E-state index contributed by atoms with van der Waals surface area (Å²) in [7, 11) is 0. The van der Waals surface area contributed by atoms with E-state index in [1.807, 2.05) is 30.3 Å². The highest BCUT2D eigenvalue weighted by Gasteiger charge is 2.53. The number of amidine groups is 1. The van der Waals surface area contributed by atoms with Crippen molar-refractivity contribution in [3.8, 4) is 0 Å². The molecule has 23 heavy (non-hydrogen) atoms. The summed E-state index contributed by atoms with van der Waals surface area (Å²) >= 11 is 0. The van der Waals surface area contributed by atoms with Crippen LogP contribution in [0.25, 0.3) is 5.70 Å². The molecule has 1 aromatic carbocycles. The Morgan fingerprint density at radius 3 is 2.52 bits per heavy atom. The number of carbonyl (C=O) groups is 2. The number of aliphatic imine (C=N–C) groups is 1. The van der Waals surface area contributed by atoms with E-state index >= 15 is 0 Å². The van der Waals surface area contributed by atoms with Crippen molar-refractivity contribution < 1.29 is 14.1 Å². The van der Waals surface area contributed by atoms with Crippen LogP contribution in [-0.2, 0) is 9.59 Å². The Morgan fingerprint density at radius 2 is 1.91 bits per heavy atom. The zero-order valence-corrected chi connectivity index (χ0v) is 12.6. The largest absolute Gasteiger partial charge is 0.364 e. The molecular formula is C17H16N4O2+. The van der Waals surface area contributed by atoms with Crippen LogP contribution in [0.5, 0.6) is 0 Å². The zero-order valence-electron chi connectivity index (χ0n) is 12.6. The van der Waals surface area contributed by atoms with Gasteiger partial charge in [-0.05, 0) is 13.0 Å². The standard InChI is InChI=1S/C17H15N4O2/c1-11(16(18)22)21-10-6-5-9-13(21)20-14(15(21)17(19)23)12-7-3-2-4-8-12/h2-4,6-11H,1H3,(H3-,18,19,22,23)/p+1. The fourth-order valence-corrected chi connectivity index (χ4v) is 2.93. The van der Waals surface area contributed by atoms with Gasteiger partial charge in [0.25, 0.3) is 5.91 Å². The number of quaternary nitrogens is 1. The topological polar surface area (TPSA) is 98.5 Å². The molecule has 1 radical (unpaired) electrons. The zero-order chi connectivity index (χ0) is 16.6. The van der Waals surface area contributed by atoms with Crippen LogP contribution in [0.1, 0.15) is 12.5 Å². The first-order valence-corrected chi connectivity index (χ1v) is 7.12. The lowest BCUT2D eigenvalue weighted by Gasteiger charge is -2.35. The molecule has 6 nitrogen and oxygen atoms in total. The predicted octanol–water partition coefficient (Wildman–Crippen LogP) is 0.830. The second-order valence-corrected chi connectivity index (χ2v) is 5.38. The van der Waals surface area contributed by atoms with Gasteiger partial charge in [0.05, 0.1) is 0 Å². The number of rotatable bonds is 4. The van der Waals surface area contributed by atoms with Crippen LogP contribution in [0.2, 0.25) is 0 Å². The van der Waals surface area contributed by atoms with Crippen molar-refractivity contribution in [1.29, 1.82) is 0 Å². The van der Waals surface area contributed by atoms with Crippen molar-refractivity contribution in [2.75, 3.05) is 0 Å². The number of primary amides is 2. The van der Waals surface area contributed by atoms with Crippen LogP contribution in [0.4, 0.5) is 0 Å². The second-order valence-electron chi connectivity index (χ2n) is 5.38. The van der Waals surface area contributed by atoms with Crippen LogP contribution in [0.3, 0.4) is 0 Å². The lowest BCUT2D eigenvalue weighted by atomic mass is 10.1. The third kappa shape index (κ3) is 2.11. The predicted molar refractivity (Wildman–Crippen MR) is 85.9 cm³/mol. The van der Waals surface area contributed by atoms with Gasteiger partial charge in [-0.2, -0.15) is 9.48 Å². The van der Waals surface area contributed by atoms with Crippen molar-refractivity contribution in [2.45, 2.75) is 13.0 Å². The third-order valence-electron chi connectivity index (χ3n) is 4.12. The molecule has 2 atom stereocenters. The van der Waals surface area contributed by atoms with Crippen molar-refractivity contribution in [3.05, 3.63) is 66.0 Å². The molecule has 2 amide bonds. The Kier molecular flexibility index (Phi) is 3.46. The van der Waals surface area contributed by atoms with Crippen molar-refractivity contribution in [3.63, 3.8) is 0 Å². The number of carbonyl (C=O) groups excluding carboxylic acids is 2. The fraction of sp³-hybridized carbons (Fsp3) is 0.118. The molecule has 0 aromatic heterocycles. The summed E-state index contributed by atoms with van der Waals surface area (Å²) < 4.78 is -0.206. The van der Waals surface area contributed by atoms with Crippen LogP contribution >= 0.6 is 0 Å². The number of hydrogen-bond acceptors (Lipinski definition) is 3. The summed E-state index contributed by atoms with van der Waals surface area (Å²) in [6, 6.07) is 8.50. The molecular weight excluding hydrogens is 292 g/mol. The Balaban J connectivity index is 2.31. The van der Waals surface area contributed by atoms with E-state index < -0.39 is 17.9 Å². The highest BCUT2D eigenvalue weighted by Crippen LogP contribution is 2.39. The normalized spacial score (nSPS) is 23.4. The van der Waals surface area contributed by atoms with Crippen molar-refractivity contribution in [1.82, 2.24) is 0 Å². The first kappa shape index (κ1) is 14.9. The maximum atomic E-state index is 12.2. The van der Waals surface area contributed by atoms with E-state index in [4.69, 9.17) is 11.5 Å². The molecule has 0 fully saturated rings. The number of nitrogens with zero attached hydrogens (tertiary/aromatic N) is 2. The summed E-state index contributed by atoms with van der Waals surface area (Å²) in [5.74, 6) is -0.701. The molecule has 2 aliphatic rings. The van der Waals surface area contributed by atoms with E-state index in [2.05, 4.69) is 11.1 Å². The van der Waals surface area contributed by atoms with Crippen LogP contribution in [0, 0.1) is 6.08 Å². The molecule has 4 N–H and O–H groups in total. The van der Waals surface area contributed by atoms with E-state index in [0.717, 1.165) is 5.56 Å². The summed E-state index contributed by atoms with van der Waals surface area (Å²) in [5, 5.41) is 0. The first-order chi connectivity index (χ1) is 11.0. The fourth-order valence-electron chi connectivity index (χ4n) is 2.93. The molecule has 0 bridgehead atoms. The lowest BCUT2D eigenvalue weighted by molar-refractivity contribution is -0.754. The van der Waals surface area contributed by atoms with E-state index in [0.29, 0.717) is 11.5 Å². The number of benzene rings is 1. The van der Waals surface area contributed by atoms with Crippen LogP contribution in [0.15, 0.2) is 59.4 Å². The van der Waals surface area contributed by atoms with Crippen molar-refractivity contribution in [2.24, 2.45) is 16.5 Å². The summed E-state index contributed by atoms with van der Waals surface area (Å²) in [6.07, 6.45) is 7.87. The maximum Gasteiger partial charge on any atom is 0.306 e. The van der Waals surface area contributed by atoms with Gasteiger partial charge in [0, 0.05) is 17.7 Å². The summed E-state index contributed by atoms with van der Waals surface area (Å²) in [5.41, 5.74) is 12.6. The summed E-state index contributed by atoms with van der Waals surface area (Å²) in [4.78, 5) is 28.6. The molecule has 2 heterocycles. The Hall–Kier alpha value is -2.99. The van der Waals surface area contributed by atoms with Gasteiger partial charge >= 0.3 is 5.91 Å². The SMILES string of the molecule is CC(C(N)=O)[N+]12C=C[C]=CC1=NC(c1ccccc1)=C2C(N)=O. The van der Waals surface area contributed by atoms with E-state index in [1.54, 1.807) is 25.3 Å². The monoisotopic (exact) mass is 308 g/mol. The molecule has 0 saturated heterocycles. The van der Waals surface area contributed by atoms with E-state index in [1.165, 1.54) is 0 Å². The molecule has 0 spiro atoms. The van der Waals surface area contributed by atoms with Gasteiger partial charge in [-0.15, -0.1) is 0 Å². The average Bonchev–Trinajstić information content (AvgIpc) is 2.91. The number of hydrogen-bond donors (Lipinski definition) is 2. The number of nitrogens with two attached hydrogens (primary N) is 2. The first-order valence-electron chi connectivity index (χ1n) is 7.12. The lowest BCUT2D eigenvalue weighted by Crippen LogP contribution is -2.58. The van der Waals surface area contributed by atoms with Gasteiger partial charge in [0.2, 0.25) is 11.5 Å². The van der Waals surface area contributed by atoms with Gasteiger partial charge in [-0.25, -0.2) is 0 Å². The van der Waals surface area contributed by atoms with Gasteiger partial charge < -0.3 is 11.5 Å². The highest BCUT2D eigenvalue weighted by molar-refractivity contribution is 6.08. The number of fused-ring (bicyclic) bond motifs is 1. The Labute approximate surface area is 133 Å². The van der Waals surface area contributed by atoms with Crippen molar-refractivity contribution >= 4 is 23.3 Å². The molecule has 2 unspecified atom stereocenters. The van der Waals surface area contributed by atoms with Crippen LogP contribution in [-0.4, -0.2) is 28.2 Å². The Bertz CT molecular complexity index is 805. The molecule has 6 heteroatoms. The number of amides is 2. The van der Waals surface area contributed by atoms with Gasteiger partial charge in [-0.1, -0.05) is 30.3 Å². The third-order valence-corrected chi connectivity index (χ3v) is 4.12. The molecule has 3 rings (SSSR count). The molecule has 1 aromatic rings. The molecule has 115 valence electrons. The molecule has 2 aliphatic heterocycles. The van der Waals surface area contributed by atoms with Gasteiger partial charge in [-0.3, -0.25) is 9.59 Å². The minimum Gasteiger partial charge on any atom is -0.364 e. The quantitative estimate of drug-likeness (QED) is 0.805. The van der Waals surface area contributed by atoms with E-state index in [9.17, 15) is 9.59 Å². The Morgan fingerprint density at radius 1 is 1.22 bits per heavy atom. The highest BCUT2D eigenvalue weighted by atomic mass is 16.2. The average molecular weight is 308 g/mol. The summed E-state index contributed by atoms with van der Waals surface area (Å²) in [6.45, 7) is 1.65. The molecule has 0 saturated carbocycles. The van der Waals surface area contributed by atoms with Crippen LogP contribution < -0.4 is 11.5 Å². The number of allylic oxidation sites excluding steroid dienone is 2. The van der Waals surface area contributed by atoms with E-state index in [-0.39, 0.29) is 10.2 Å². The second kappa shape index (κ2) is 5.33. The van der Waals surface area contributed by atoms with Gasteiger partial charge in [0.15, 0.2) is 6.04 Å². The van der Waals surface area contributed by atoms with Gasteiger partial charge in [0.1, 0.15) is 11.9 Å². The maximum absolute atomic E-state index is 12.2. The smallest absolute Gasteiger partial charge is 0.306 e. The minimum atomic E-state index is -0.730.